The van der Waals surface area contributed by atoms with E-state index in [1.807, 2.05) is 54.8 Å². The molecular weight excluding hydrogens is 270 g/mol. The van der Waals surface area contributed by atoms with E-state index in [4.69, 9.17) is 4.42 Å². The summed E-state index contributed by atoms with van der Waals surface area (Å²) in [6.07, 6.45) is 3.67. The number of aromatic hydroxyl groups is 1. The first-order valence-electron chi connectivity index (χ1n) is 6.16. The summed E-state index contributed by atoms with van der Waals surface area (Å²) >= 11 is 1.67. The molecule has 4 heteroatoms. The molecule has 1 heterocycles. The highest BCUT2D eigenvalue weighted by molar-refractivity contribution is 7.98. The van der Waals surface area contributed by atoms with Gasteiger partial charge in [0.2, 0.25) is 0 Å². The third kappa shape index (κ3) is 2.42. The molecule has 0 aliphatic rings. The van der Waals surface area contributed by atoms with Crippen LogP contribution in [-0.2, 0) is 0 Å². The van der Waals surface area contributed by atoms with E-state index in [0.29, 0.717) is 11.1 Å². The molecule has 20 heavy (non-hydrogen) atoms. The van der Waals surface area contributed by atoms with Gasteiger partial charge in [-0.15, -0.1) is 11.8 Å². The molecular formula is C16H13NO2S. The molecule has 0 radical (unpaired) electrons. The maximum atomic E-state index is 9.74. The summed E-state index contributed by atoms with van der Waals surface area (Å²) in [7, 11) is 0. The Bertz CT molecular complexity index is 777. The maximum Gasteiger partial charge on any atom is 0.290 e. The standard InChI is InChI=1S/C16H13NO2S/c1-20-12-6-4-5-11(9-12)17-10-15-13-7-2-3-8-14(13)16(18)19-15/h2-10,18H,1H3. The molecule has 1 aromatic heterocycles. The normalized spacial score (nSPS) is 11.4. The highest BCUT2D eigenvalue weighted by Gasteiger charge is 2.09. The number of hydrogen-bond acceptors (Lipinski definition) is 4. The first-order chi connectivity index (χ1) is 9.78. The largest absolute Gasteiger partial charge is 0.480 e. The van der Waals surface area contributed by atoms with E-state index < -0.39 is 0 Å². The van der Waals surface area contributed by atoms with E-state index in [1.165, 1.54) is 0 Å². The Kier molecular flexibility index (Phi) is 3.48. The van der Waals surface area contributed by atoms with Gasteiger partial charge in [0.25, 0.3) is 5.95 Å². The highest BCUT2D eigenvalue weighted by Crippen LogP contribution is 2.30. The van der Waals surface area contributed by atoms with Crippen LogP contribution in [0.15, 0.2) is 62.8 Å². The minimum absolute atomic E-state index is 0.0695. The average Bonchev–Trinajstić information content (AvgIpc) is 2.82. The molecule has 0 unspecified atom stereocenters. The molecule has 0 aliphatic carbocycles. The van der Waals surface area contributed by atoms with E-state index in [-0.39, 0.29) is 5.95 Å². The smallest absolute Gasteiger partial charge is 0.290 e. The quantitative estimate of drug-likeness (QED) is 0.564. The fraction of sp³-hybridized carbons (Fsp3) is 0.0625. The number of hydrogen-bond donors (Lipinski definition) is 1. The Morgan fingerprint density at radius 1 is 1.10 bits per heavy atom. The molecule has 3 rings (SSSR count). The van der Waals surface area contributed by atoms with Crippen molar-refractivity contribution in [3.05, 3.63) is 54.3 Å². The summed E-state index contributed by atoms with van der Waals surface area (Å²) in [5.74, 6) is 0.493. The molecule has 0 atom stereocenters. The van der Waals surface area contributed by atoms with E-state index in [9.17, 15) is 5.11 Å². The van der Waals surface area contributed by atoms with Gasteiger partial charge < -0.3 is 9.52 Å². The first kappa shape index (κ1) is 12.8. The van der Waals surface area contributed by atoms with Gasteiger partial charge >= 0.3 is 0 Å². The average molecular weight is 283 g/mol. The number of benzene rings is 2. The fourth-order valence-electron chi connectivity index (χ4n) is 2.02. The van der Waals surface area contributed by atoms with Crippen molar-refractivity contribution in [2.45, 2.75) is 4.90 Å². The molecule has 0 fully saturated rings. The summed E-state index contributed by atoms with van der Waals surface area (Å²) in [5.41, 5.74) is 0.858. The number of rotatable bonds is 3. The number of fused-ring (bicyclic) bond motifs is 1. The van der Waals surface area contributed by atoms with Crippen molar-refractivity contribution < 1.29 is 9.52 Å². The van der Waals surface area contributed by atoms with Crippen LogP contribution in [0.5, 0.6) is 5.95 Å². The highest BCUT2D eigenvalue weighted by atomic mass is 32.2. The summed E-state index contributed by atoms with van der Waals surface area (Å²) in [6.45, 7) is 0. The molecule has 2 aromatic carbocycles. The first-order valence-corrected chi connectivity index (χ1v) is 7.39. The van der Waals surface area contributed by atoms with E-state index in [2.05, 4.69) is 4.99 Å². The van der Waals surface area contributed by atoms with Crippen LogP contribution in [0.1, 0.15) is 5.76 Å². The maximum absolute atomic E-state index is 9.74. The molecule has 3 nitrogen and oxygen atoms in total. The van der Waals surface area contributed by atoms with Gasteiger partial charge in [0.05, 0.1) is 17.3 Å². The minimum Gasteiger partial charge on any atom is -0.480 e. The van der Waals surface area contributed by atoms with Crippen molar-refractivity contribution >= 4 is 34.4 Å². The Labute approximate surface area is 121 Å². The second kappa shape index (κ2) is 5.43. The van der Waals surface area contributed by atoms with Gasteiger partial charge in [0, 0.05) is 10.3 Å². The second-order valence-electron chi connectivity index (χ2n) is 4.28. The predicted octanol–water partition coefficient (Wildman–Crippen LogP) is 4.61. The van der Waals surface area contributed by atoms with Gasteiger partial charge in [-0.05, 0) is 30.5 Å². The van der Waals surface area contributed by atoms with Crippen molar-refractivity contribution in [3.63, 3.8) is 0 Å². The molecule has 0 aliphatic heterocycles. The number of furan rings is 1. The lowest BCUT2D eigenvalue weighted by atomic mass is 10.2. The zero-order valence-electron chi connectivity index (χ0n) is 10.9. The van der Waals surface area contributed by atoms with E-state index >= 15 is 0 Å². The van der Waals surface area contributed by atoms with Crippen molar-refractivity contribution in [2.75, 3.05) is 6.26 Å². The lowest BCUT2D eigenvalue weighted by Gasteiger charge is -1.97. The van der Waals surface area contributed by atoms with Gasteiger partial charge in [-0.3, -0.25) is 4.99 Å². The molecule has 0 saturated heterocycles. The van der Waals surface area contributed by atoms with Crippen LogP contribution in [0, 0.1) is 0 Å². The van der Waals surface area contributed by atoms with Gasteiger partial charge in [0.1, 0.15) is 0 Å². The van der Waals surface area contributed by atoms with Crippen LogP contribution >= 0.6 is 11.8 Å². The minimum atomic E-state index is -0.0695. The predicted molar refractivity (Wildman–Crippen MR) is 83.4 cm³/mol. The van der Waals surface area contributed by atoms with E-state index in [0.717, 1.165) is 16.0 Å². The number of thioether (sulfide) groups is 1. The Hall–Kier alpha value is -2.20. The Morgan fingerprint density at radius 3 is 2.70 bits per heavy atom. The zero-order valence-corrected chi connectivity index (χ0v) is 11.7. The van der Waals surface area contributed by atoms with Crippen molar-refractivity contribution in [2.24, 2.45) is 4.99 Å². The Morgan fingerprint density at radius 2 is 1.90 bits per heavy atom. The van der Waals surface area contributed by atoms with Crippen LogP contribution in [0.3, 0.4) is 0 Å². The van der Waals surface area contributed by atoms with Crippen LogP contribution < -0.4 is 0 Å². The molecule has 1 N–H and O–H groups in total. The van der Waals surface area contributed by atoms with Gasteiger partial charge in [-0.1, -0.05) is 24.3 Å². The zero-order chi connectivity index (χ0) is 13.9. The Balaban J connectivity index is 1.98. The lowest BCUT2D eigenvalue weighted by Crippen LogP contribution is -1.77. The molecule has 0 amide bonds. The van der Waals surface area contributed by atoms with Gasteiger partial charge in [0.15, 0.2) is 5.76 Å². The molecule has 0 spiro atoms. The summed E-state index contributed by atoms with van der Waals surface area (Å²) in [5, 5.41) is 11.3. The summed E-state index contributed by atoms with van der Waals surface area (Å²) in [4.78, 5) is 5.56. The van der Waals surface area contributed by atoms with Crippen LogP contribution in [0.25, 0.3) is 10.8 Å². The SMILES string of the molecule is CSc1cccc(N=Cc2oc(O)c3ccccc23)c1. The third-order valence-electron chi connectivity index (χ3n) is 3.01. The fourth-order valence-corrected chi connectivity index (χ4v) is 2.47. The van der Waals surface area contributed by atoms with Crippen LogP contribution in [0.2, 0.25) is 0 Å². The van der Waals surface area contributed by atoms with Gasteiger partial charge in [-0.25, -0.2) is 0 Å². The van der Waals surface area contributed by atoms with Crippen molar-refractivity contribution in [3.8, 4) is 5.95 Å². The molecule has 0 bridgehead atoms. The van der Waals surface area contributed by atoms with E-state index in [1.54, 1.807) is 18.0 Å². The van der Waals surface area contributed by atoms with Crippen LogP contribution in [-0.4, -0.2) is 17.6 Å². The van der Waals surface area contributed by atoms with Crippen molar-refractivity contribution in [1.82, 2.24) is 0 Å². The van der Waals surface area contributed by atoms with Crippen LogP contribution in [0.4, 0.5) is 5.69 Å². The lowest BCUT2D eigenvalue weighted by molar-refractivity contribution is 0.336. The monoisotopic (exact) mass is 283 g/mol. The molecule has 3 aromatic rings. The topological polar surface area (TPSA) is 45.7 Å². The summed E-state index contributed by atoms with van der Waals surface area (Å²) in [6, 6.07) is 15.4. The second-order valence-corrected chi connectivity index (χ2v) is 5.16. The summed E-state index contributed by atoms with van der Waals surface area (Å²) < 4.78 is 5.34. The third-order valence-corrected chi connectivity index (χ3v) is 3.74. The van der Waals surface area contributed by atoms with Crippen molar-refractivity contribution in [1.29, 1.82) is 0 Å². The van der Waals surface area contributed by atoms with Gasteiger partial charge in [-0.2, -0.15) is 0 Å². The number of aliphatic imine (C=N–C) groups is 1. The molecule has 100 valence electrons. The number of nitrogens with zero attached hydrogens (tertiary/aromatic N) is 1. The molecule has 0 saturated carbocycles.